The monoisotopic (exact) mass is 413 g/mol. The third-order valence-corrected chi connectivity index (χ3v) is 9.53. The summed E-state index contributed by atoms with van der Waals surface area (Å²) >= 11 is 0. The summed E-state index contributed by atoms with van der Waals surface area (Å²) in [7, 11) is 0. The minimum absolute atomic E-state index is 0.0376. The van der Waals surface area contributed by atoms with Crippen LogP contribution >= 0.6 is 0 Å². The third kappa shape index (κ3) is 6.50. The van der Waals surface area contributed by atoms with Crippen LogP contribution in [-0.2, 0) is 0 Å². The molecule has 0 N–H and O–H groups in total. The molecule has 3 rings (SSSR count). The van der Waals surface area contributed by atoms with Gasteiger partial charge in [-0.1, -0.05) is 90.9 Å². The molecule has 3 aliphatic carbocycles. The van der Waals surface area contributed by atoms with E-state index in [4.69, 9.17) is 0 Å². The fraction of sp³-hybridized carbons (Fsp3) is 0.966. The first kappa shape index (κ1) is 24.1. The number of nitrogens with zero attached hydrogens (tertiary/aromatic N) is 1. The topological polar surface area (TPSA) is 23.8 Å². The van der Waals surface area contributed by atoms with Crippen LogP contribution in [0.1, 0.15) is 142 Å². The molecule has 0 radical (unpaired) electrons. The largest absolute Gasteiger partial charge is 0.198 e. The van der Waals surface area contributed by atoms with Crippen molar-refractivity contribution in [1.82, 2.24) is 0 Å². The Balaban J connectivity index is 1.43. The summed E-state index contributed by atoms with van der Waals surface area (Å²) in [6.07, 6.45) is 27.9. The molecule has 1 heteroatoms. The number of nitriles is 1. The van der Waals surface area contributed by atoms with Crippen molar-refractivity contribution in [1.29, 1.82) is 5.26 Å². The lowest BCUT2D eigenvalue weighted by molar-refractivity contribution is -0.0181. The van der Waals surface area contributed by atoms with E-state index >= 15 is 0 Å². The maximum Gasteiger partial charge on any atom is 0.0689 e. The van der Waals surface area contributed by atoms with Gasteiger partial charge in [-0.05, 0) is 81.0 Å². The van der Waals surface area contributed by atoms with Gasteiger partial charge in [-0.25, -0.2) is 0 Å². The van der Waals surface area contributed by atoms with Gasteiger partial charge in [0.05, 0.1) is 11.5 Å². The third-order valence-electron chi connectivity index (χ3n) is 9.53. The molecule has 0 saturated heterocycles. The molecule has 0 bridgehead atoms. The second-order valence-electron chi connectivity index (χ2n) is 11.6. The van der Waals surface area contributed by atoms with E-state index in [1.54, 1.807) is 6.42 Å². The van der Waals surface area contributed by atoms with E-state index in [2.05, 4.69) is 19.9 Å². The van der Waals surface area contributed by atoms with Crippen molar-refractivity contribution in [2.75, 3.05) is 0 Å². The predicted molar refractivity (Wildman–Crippen MR) is 129 cm³/mol. The molecule has 0 aromatic carbocycles. The van der Waals surface area contributed by atoms with Crippen molar-refractivity contribution in [3.63, 3.8) is 0 Å². The highest BCUT2D eigenvalue weighted by molar-refractivity contribution is 5.06. The molecule has 3 fully saturated rings. The molecule has 0 aliphatic heterocycles. The second-order valence-corrected chi connectivity index (χ2v) is 11.6. The second kappa shape index (κ2) is 12.5. The van der Waals surface area contributed by atoms with E-state index in [0.29, 0.717) is 0 Å². The van der Waals surface area contributed by atoms with Crippen molar-refractivity contribution >= 4 is 0 Å². The molecule has 6 atom stereocenters. The van der Waals surface area contributed by atoms with Gasteiger partial charge in [-0.3, -0.25) is 0 Å². The first-order chi connectivity index (χ1) is 14.7. The highest BCUT2D eigenvalue weighted by Crippen LogP contribution is 2.57. The SMILES string of the molecule is CCCCCCC[C@@H]1CCC2C(CCC3C[C@](C#N)(CCCCCCC)CCC32)C1. The predicted octanol–water partition coefficient (Wildman–Crippen LogP) is 9.46. The van der Waals surface area contributed by atoms with Crippen LogP contribution in [0.5, 0.6) is 0 Å². The highest BCUT2D eigenvalue weighted by atomic mass is 14.5. The Kier molecular flexibility index (Phi) is 10.1. The van der Waals surface area contributed by atoms with E-state index in [0.717, 1.165) is 29.6 Å². The molecule has 0 aromatic rings. The molecule has 0 aromatic heterocycles. The zero-order valence-corrected chi connectivity index (χ0v) is 20.5. The molecular weight excluding hydrogens is 362 g/mol. The van der Waals surface area contributed by atoms with Crippen LogP contribution in [0.4, 0.5) is 0 Å². The number of unbranched alkanes of at least 4 members (excludes halogenated alkanes) is 8. The molecule has 0 spiro atoms. The maximum atomic E-state index is 10.1. The summed E-state index contributed by atoms with van der Waals surface area (Å²) in [5, 5.41) is 10.1. The number of fused-ring (bicyclic) bond motifs is 3. The quantitative estimate of drug-likeness (QED) is 0.292. The van der Waals surface area contributed by atoms with Gasteiger partial charge in [-0.2, -0.15) is 5.26 Å². The Bertz CT molecular complexity index is 519. The van der Waals surface area contributed by atoms with Gasteiger partial charge >= 0.3 is 0 Å². The zero-order chi connectivity index (χ0) is 21.2. The zero-order valence-electron chi connectivity index (χ0n) is 20.5. The Morgan fingerprint density at radius 3 is 2.13 bits per heavy atom. The molecular formula is C29H51N. The van der Waals surface area contributed by atoms with Gasteiger partial charge in [0.1, 0.15) is 0 Å². The summed E-state index contributed by atoms with van der Waals surface area (Å²) in [6, 6.07) is 2.86. The van der Waals surface area contributed by atoms with Crippen molar-refractivity contribution < 1.29 is 0 Å². The van der Waals surface area contributed by atoms with Gasteiger partial charge in [0, 0.05) is 0 Å². The van der Waals surface area contributed by atoms with Crippen molar-refractivity contribution in [3.05, 3.63) is 0 Å². The molecule has 1 nitrogen and oxygen atoms in total. The summed E-state index contributed by atoms with van der Waals surface area (Å²) in [6.45, 7) is 4.60. The maximum absolute atomic E-state index is 10.1. The van der Waals surface area contributed by atoms with Gasteiger partial charge in [-0.15, -0.1) is 0 Å². The first-order valence-electron chi connectivity index (χ1n) is 14.1. The summed E-state index contributed by atoms with van der Waals surface area (Å²) in [4.78, 5) is 0. The average Bonchev–Trinajstić information content (AvgIpc) is 2.78. The summed E-state index contributed by atoms with van der Waals surface area (Å²) < 4.78 is 0. The standard InChI is InChI=1S/C29H51N/c1-3-5-7-9-11-13-24-14-17-27-25(21-24)15-16-26-22-29(23-30,20-18-28(26)27)19-12-10-8-6-4-2/h24-28H,3-22H2,1-2H3/t24-,25?,26?,27?,28?,29+/m1/s1. The van der Waals surface area contributed by atoms with Gasteiger partial charge < -0.3 is 0 Å². The Hall–Kier alpha value is -0.510. The van der Waals surface area contributed by atoms with E-state index in [9.17, 15) is 5.26 Å². The van der Waals surface area contributed by atoms with Crippen LogP contribution in [0.2, 0.25) is 0 Å². The normalized spacial score (nSPS) is 36.0. The average molecular weight is 414 g/mol. The van der Waals surface area contributed by atoms with Crippen LogP contribution in [-0.4, -0.2) is 0 Å². The van der Waals surface area contributed by atoms with Crippen molar-refractivity contribution in [2.45, 2.75) is 142 Å². The van der Waals surface area contributed by atoms with E-state index < -0.39 is 0 Å². The number of hydrogen-bond donors (Lipinski definition) is 0. The number of hydrogen-bond acceptors (Lipinski definition) is 1. The van der Waals surface area contributed by atoms with E-state index in [1.807, 2.05) is 0 Å². The van der Waals surface area contributed by atoms with E-state index in [-0.39, 0.29) is 5.41 Å². The van der Waals surface area contributed by atoms with Crippen molar-refractivity contribution in [2.24, 2.45) is 35.0 Å². The summed E-state index contributed by atoms with van der Waals surface area (Å²) in [5.74, 6) is 4.93. The Labute approximate surface area is 188 Å². The Morgan fingerprint density at radius 2 is 1.40 bits per heavy atom. The van der Waals surface area contributed by atoms with Crippen molar-refractivity contribution in [3.8, 4) is 6.07 Å². The summed E-state index contributed by atoms with van der Waals surface area (Å²) in [5.41, 5.74) is 0.0376. The first-order valence-corrected chi connectivity index (χ1v) is 14.1. The highest BCUT2D eigenvalue weighted by Gasteiger charge is 2.48. The Morgan fingerprint density at radius 1 is 0.733 bits per heavy atom. The lowest BCUT2D eigenvalue weighted by Crippen LogP contribution is -2.44. The fourth-order valence-electron chi connectivity index (χ4n) is 7.77. The van der Waals surface area contributed by atoms with Gasteiger partial charge in [0.2, 0.25) is 0 Å². The molecule has 0 heterocycles. The minimum Gasteiger partial charge on any atom is -0.198 e. The smallest absolute Gasteiger partial charge is 0.0689 e. The molecule has 4 unspecified atom stereocenters. The van der Waals surface area contributed by atoms with Crippen LogP contribution in [0.3, 0.4) is 0 Å². The molecule has 30 heavy (non-hydrogen) atoms. The molecule has 3 aliphatic rings. The molecule has 3 saturated carbocycles. The molecule has 172 valence electrons. The van der Waals surface area contributed by atoms with Crippen LogP contribution in [0, 0.1) is 46.3 Å². The minimum atomic E-state index is 0.0376. The van der Waals surface area contributed by atoms with E-state index in [1.165, 1.54) is 122 Å². The van der Waals surface area contributed by atoms with Crippen LogP contribution < -0.4 is 0 Å². The van der Waals surface area contributed by atoms with Crippen LogP contribution in [0.15, 0.2) is 0 Å². The lowest BCUT2D eigenvalue weighted by Gasteiger charge is -2.52. The lowest BCUT2D eigenvalue weighted by atomic mass is 9.52. The fourth-order valence-corrected chi connectivity index (χ4v) is 7.77. The number of rotatable bonds is 12. The molecule has 0 amide bonds. The van der Waals surface area contributed by atoms with Gasteiger partial charge in [0.15, 0.2) is 0 Å². The van der Waals surface area contributed by atoms with Gasteiger partial charge in [0.25, 0.3) is 0 Å². The van der Waals surface area contributed by atoms with Crippen LogP contribution in [0.25, 0.3) is 0 Å².